The first-order valence-corrected chi connectivity index (χ1v) is 6.62. The maximum Gasteiger partial charge on any atom is 0.123 e. The van der Waals surface area contributed by atoms with Gasteiger partial charge in [-0.05, 0) is 32.0 Å². The zero-order chi connectivity index (χ0) is 13.7. The third kappa shape index (κ3) is 3.61. The van der Waals surface area contributed by atoms with Crippen molar-refractivity contribution in [2.24, 2.45) is 0 Å². The lowest BCUT2D eigenvalue weighted by Gasteiger charge is -2.21. The molecule has 3 heteroatoms. The van der Waals surface area contributed by atoms with Gasteiger partial charge in [-0.2, -0.15) is 0 Å². The summed E-state index contributed by atoms with van der Waals surface area (Å²) in [4.78, 5) is 0. The molecular weight excluding hydrogens is 238 g/mol. The van der Waals surface area contributed by atoms with Crippen LogP contribution in [0.2, 0.25) is 0 Å². The summed E-state index contributed by atoms with van der Waals surface area (Å²) in [6.07, 6.45) is 2.60. The van der Waals surface area contributed by atoms with Crippen LogP contribution < -0.4 is 10.1 Å². The monoisotopic (exact) mass is 259 g/mol. The van der Waals surface area contributed by atoms with E-state index in [0.717, 1.165) is 17.9 Å². The Morgan fingerprint density at radius 1 is 1.16 bits per heavy atom. The third-order valence-electron chi connectivity index (χ3n) is 3.23. The molecule has 2 aromatic rings. The van der Waals surface area contributed by atoms with Crippen molar-refractivity contribution in [1.29, 1.82) is 0 Å². The lowest BCUT2D eigenvalue weighted by Crippen LogP contribution is -2.30. The number of nitrogens with one attached hydrogen (secondary N) is 1. The lowest BCUT2D eigenvalue weighted by atomic mass is 10.1. The Kier molecular flexibility index (Phi) is 4.63. The van der Waals surface area contributed by atoms with Gasteiger partial charge in [-0.25, -0.2) is 0 Å². The van der Waals surface area contributed by atoms with Crippen LogP contribution in [0, 0.1) is 0 Å². The van der Waals surface area contributed by atoms with Gasteiger partial charge in [0.15, 0.2) is 0 Å². The Balaban J connectivity index is 1.98. The molecule has 1 N–H and O–H groups in total. The molecule has 0 fully saturated rings. The Labute approximate surface area is 114 Å². The average molecular weight is 259 g/mol. The van der Waals surface area contributed by atoms with Crippen molar-refractivity contribution in [2.75, 3.05) is 7.11 Å². The van der Waals surface area contributed by atoms with Crippen molar-refractivity contribution in [3.63, 3.8) is 0 Å². The van der Waals surface area contributed by atoms with Gasteiger partial charge in [-0.15, -0.1) is 0 Å². The highest BCUT2D eigenvalue weighted by molar-refractivity contribution is 5.35. The molecule has 0 saturated heterocycles. The highest BCUT2D eigenvalue weighted by Crippen LogP contribution is 2.24. The van der Waals surface area contributed by atoms with E-state index in [2.05, 4.69) is 25.2 Å². The molecule has 1 aromatic carbocycles. The van der Waals surface area contributed by atoms with E-state index in [1.54, 1.807) is 13.4 Å². The quantitative estimate of drug-likeness (QED) is 0.861. The van der Waals surface area contributed by atoms with E-state index in [1.165, 1.54) is 5.56 Å². The Morgan fingerprint density at radius 2 is 1.95 bits per heavy atom. The van der Waals surface area contributed by atoms with E-state index >= 15 is 0 Å². The van der Waals surface area contributed by atoms with Crippen LogP contribution in [0.15, 0.2) is 47.1 Å². The minimum Gasteiger partial charge on any atom is -0.496 e. The molecular formula is C16H21NO2. The smallest absolute Gasteiger partial charge is 0.123 e. The number of hydrogen-bond donors (Lipinski definition) is 1. The maximum absolute atomic E-state index is 5.40. The van der Waals surface area contributed by atoms with Crippen molar-refractivity contribution < 1.29 is 9.15 Å². The van der Waals surface area contributed by atoms with Gasteiger partial charge >= 0.3 is 0 Å². The second-order valence-electron chi connectivity index (χ2n) is 4.81. The molecule has 102 valence electrons. The first-order valence-electron chi connectivity index (χ1n) is 6.62. The molecule has 1 aromatic heterocycles. The van der Waals surface area contributed by atoms with Crippen LogP contribution in [-0.4, -0.2) is 13.2 Å². The minimum atomic E-state index is 0.237. The second kappa shape index (κ2) is 6.43. The van der Waals surface area contributed by atoms with E-state index in [4.69, 9.17) is 9.15 Å². The van der Waals surface area contributed by atoms with Gasteiger partial charge in [-0.1, -0.05) is 18.2 Å². The first-order chi connectivity index (χ1) is 9.20. The second-order valence-corrected chi connectivity index (χ2v) is 4.81. The SMILES string of the molecule is COc1ccccc1[C@@H](C)NC(C)Cc1ccco1. The van der Waals surface area contributed by atoms with E-state index in [9.17, 15) is 0 Å². The number of furan rings is 1. The molecule has 2 atom stereocenters. The predicted octanol–water partition coefficient (Wildman–Crippen LogP) is 3.57. The van der Waals surface area contributed by atoms with Crippen LogP contribution in [0.3, 0.4) is 0 Å². The van der Waals surface area contributed by atoms with Gasteiger partial charge in [0.2, 0.25) is 0 Å². The topological polar surface area (TPSA) is 34.4 Å². The van der Waals surface area contributed by atoms with Crippen molar-refractivity contribution in [2.45, 2.75) is 32.4 Å². The zero-order valence-electron chi connectivity index (χ0n) is 11.7. The molecule has 0 radical (unpaired) electrons. The standard InChI is InChI=1S/C16H21NO2/c1-12(11-14-7-6-10-19-14)17-13(2)15-8-4-5-9-16(15)18-3/h4-10,12-13,17H,11H2,1-3H3/t12?,13-/m1/s1. The summed E-state index contributed by atoms with van der Waals surface area (Å²) in [6, 6.07) is 12.6. The number of ether oxygens (including phenoxy) is 1. The molecule has 0 aliphatic heterocycles. The van der Waals surface area contributed by atoms with Crippen LogP contribution in [0.5, 0.6) is 5.75 Å². The molecule has 3 nitrogen and oxygen atoms in total. The highest BCUT2D eigenvalue weighted by atomic mass is 16.5. The fourth-order valence-electron chi connectivity index (χ4n) is 2.33. The third-order valence-corrected chi connectivity index (χ3v) is 3.23. The summed E-state index contributed by atoms with van der Waals surface area (Å²) in [5.41, 5.74) is 1.18. The molecule has 0 spiro atoms. The molecule has 0 saturated carbocycles. The normalized spacial score (nSPS) is 14.1. The number of methoxy groups -OCH3 is 1. The average Bonchev–Trinajstić information content (AvgIpc) is 2.91. The number of benzene rings is 1. The molecule has 0 aliphatic carbocycles. The van der Waals surface area contributed by atoms with Gasteiger partial charge in [0, 0.05) is 24.1 Å². The lowest BCUT2D eigenvalue weighted by molar-refractivity contribution is 0.390. The van der Waals surface area contributed by atoms with Gasteiger partial charge in [-0.3, -0.25) is 0 Å². The fourth-order valence-corrected chi connectivity index (χ4v) is 2.33. The van der Waals surface area contributed by atoms with Crippen LogP contribution in [-0.2, 0) is 6.42 Å². The maximum atomic E-state index is 5.40. The summed E-state index contributed by atoms with van der Waals surface area (Å²) in [7, 11) is 1.71. The molecule has 19 heavy (non-hydrogen) atoms. The molecule has 1 unspecified atom stereocenters. The summed E-state index contributed by atoms with van der Waals surface area (Å²) in [6.45, 7) is 4.31. The number of hydrogen-bond acceptors (Lipinski definition) is 3. The molecule has 0 amide bonds. The number of para-hydroxylation sites is 1. The Morgan fingerprint density at radius 3 is 2.63 bits per heavy atom. The molecule has 2 rings (SSSR count). The van der Waals surface area contributed by atoms with Crippen LogP contribution in [0.4, 0.5) is 0 Å². The van der Waals surface area contributed by atoms with Crippen molar-refractivity contribution >= 4 is 0 Å². The molecule has 1 heterocycles. The summed E-state index contributed by atoms with van der Waals surface area (Å²) in [5, 5.41) is 3.57. The van der Waals surface area contributed by atoms with E-state index in [0.29, 0.717) is 6.04 Å². The van der Waals surface area contributed by atoms with Gasteiger partial charge in [0.25, 0.3) is 0 Å². The van der Waals surface area contributed by atoms with Crippen molar-refractivity contribution in [1.82, 2.24) is 5.32 Å². The minimum absolute atomic E-state index is 0.237. The summed E-state index contributed by atoms with van der Waals surface area (Å²) < 4.78 is 10.8. The summed E-state index contributed by atoms with van der Waals surface area (Å²) in [5.74, 6) is 1.93. The van der Waals surface area contributed by atoms with Crippen LogP contribution >= 0.6 is 0 Å². The Hall–Kier alpha value is -1.74. The van der Waals surface area contributed by atoms with Gasteiger partial charge < -0.3 is 14.5 Å². The fraction of sp³-hybridized carbons (Fsp3) is 0.375. The Bertz CT molecular complexity index is 493. The number of rotatable bonds is 6. The highest BCUT2D eigenvalue weighted by Gasteiger charge is 2.14. The summed E-state index contributed by atoms with van der Waals surface area (Å²) >= 11 is 0. The van der Waals surface area contributed by atoms with Gasteiger partial charge in [0.1, 0.15) is 11.5 Å². The van der Waals surface area contributed by atoms with E-state index in [1.807, 2.05) is 30.3 Å². The molecule has 0 bridgehead atoms. The van der Waals surface area contributed by atoms with Crippen LogP contribution in [0.25, 0.3) is 0 Å². The zero-order valence-corrected chi connectivity index (χ0v) is 11.7. The predicted molar refractivity (Wildman–Crippen MR) is 76.4 cm³/mol. The largest absolute Gasteiger partial charge is 0.496 e. The van der Waals surface area contributed by atoms with E-state index in [-0.39, 0.29) is 6.04 Å². The first kappa shape index (κ1) is 13.7. The van der Waals surface area contributed by atoms with Crippen molar-refractivity contribution in [3.8, 4) is 5.75 Å². The molecule has 0 aliphatic rings. The van der Waals surface area contributed by atoms with Crippen molar-refractivity contribution in [3.05, 3.63) is 54.0 Å². The van der Waals surface area contributed by atoms with Gasteiger partial charge in [0.05, 0.1) is 13.4 Å². The van der Waals surface area contributed by atoms with E-state index < -0.39 is 0 Å². The van der Waals surface area contributed by atoms with Crippen LogP contribution in [0.1, 0.15) is 31.2 Å².